The number of carbonyl (C=O) groups excluding carboxylic acids is 2. The van der Waals surface area contributed by atoms with Gasteiger partial charge in [-0.15, -0.1) is 0 Å². The molecule has 0 atom stereocenters. The van der Waals surface area contributed by atoms with Crippen LogP contribution in [0.15, 0.2) is 12.3 Å². The van der Waals surface area contributed by atoms with E-state index < -0.39 is 11.7 Å². The van der Waals surface area contributed by atoms with E-state index in [1.807, 2.05) is 11.5 Å². The summed E-state index contributed by atoms with van der Waals surface area (Å²) in [5.41, 5.74) is 0.384. The van der Waals surface area contributed by atoms with Crippen LogP contribution in [-0.4, -0.2) is 43.6 Å². The van der Waals surface area contributed by atoms with Crippen molar-refractivity contribution in [2.75, 3.05) is 6.54 Å². The quantitative estimate of drug-likeness (QED) is 0.668. The molecule has 0 radical (unpaired) electrons. The van der Waals surface area contributed by atoms with Crippen molar-refractivity contribution in [3.05, 3.63) is 23.2 Å². The molecule has 2 amide bonds. The molecule has 0 spiro atoms. The summed E-state index contributed by atoms with van der Waals surface area (Å²) in [5, 5.41) is 0.877. The van der Waals surface area contributed by atoms with Crippen LogP contribution in [-0.2, 0) is 4.74 Å². The number of amides is 2. The lowest BCUT2D eigenvalue weighted by atomic mass is 10.2. The molecule has 7 nitrogen and oxygen atoms in total. The molecule has 1 aliphatic carbocycles. The Labute approximate surface area is 170 Å². The first-order valence-corrected chi connectivity index (χ1v) is 10.2. The fourth-order valence-electron chi connectivity index (χ4n) is 3.64. The van der Waals surface area contributed by atoms with Gasteiger partial charge in [0.05, 0.1) is 0 Å². The largest absolute Gasteiger partial charge is 0.443 e. The third kappa shape index (κ3) is 4.29. The van der Waals surface area contributed by atoms with E-state index in [9.17, 15) is 9.59 Å². The zero-order chi connectivity index (χ0) is 20.5. The third-order valence-electron chi connectivity index (χ3n) is 4.76. The molecule has 8 heteroatoms. The Balaban J connectivity index is 2.05. The highest BCUT2D eigenvalue weighted by Crippen LogP contribution is 2.35. The van der Waals surface area contributed by atoms with Gasteiger partial charge in [-0.25, -0.2) is 14.7 Å². The molecule has 2 aromatic heterocycles. The molecule has 28 heavy (non-hydrogen) atoms. The van der Waals surface area contributed by atoms with Crippen LogP contribution in [0.1, 0.15) is 76.3 Å². The second-order valence-corrected chi connectivity index (χ2v) is 8.53. The second-order valence-electron chi connectivity index (χ2n) is 8.19. The van der Waals surface area contributed by atoms with Gasteiger partial charge in [-0.05, 0) is 57.7 Å². The maximum Gasteiger partial charge on any atom is 0.417 e. The van der Waals surface area contributed by atoms with E-state index in [0.29, 0.717) is 17.8 Å². The number of hydrogen-bond acceptors (Lipinski definition) is 5. The molecule has 3 rings (SSSR count). The van der Waals surface area contributed by atoms with Gasteiger partial charge >= 0.3 is 6.09 Å². The summed E-state index contributed by atoms with van der Waals surface area (Å²) >= 11 is 6.02. The van der Waals surface area contributed by atoms with E-state index in [1.54, 1.807) is 33.0 Å². The topological polar surface area (TPSA) is 77.3 Å². The van der Waals surface area contributed by atoms with Crippen LogP contribution in [0.3, 0.4) is 0 Å². The molecule has 2 heterocycles. The number of nitrogens with zero attached hydrogens (tertiary/aromatic N) is 4. The van der Waals surface area contributed by atoms with Gasteiger partial charge in [0.25, 0.3) is 5.91 Å². The van der Waals surface area contributed by atoms with Gasteiger partial charge < -0.3 is 9.30 Å². The number of aromatic nitrogens is 3. The molecule has 0 aliphatic heterocycles. The van der Waals surface area contributed by atoms with Gasteiger partial charge in [0.2, 0.25) is 5.28 Å². The number of carbonyl (C=O) groups is 2. The predicted octanol–water partition coefficient (Wildman–Crippen LogP) is 4.99. The molecule has 1 saturated carbocycles. The highest BCUT2D eigenvalue weighted by atomic mass is 35.5. The Hall–Kier alpha value is -2.15. The van der Waals surface area contributed by atoms with E-state index in [-0.39, 0.29) is 23.8 Å². The van der Waals surface area contributed by atoms with Gasteiger partial charge in [-0.2, -0.15) is 4.98 Å². The SMILES string of the molecule is CCCN(C(=O)OC(C)(C)C)C(=O)c1cc2cnc(Cl)nc2n1C1CCCC1. The molecule has 0 bridgehead atoms. The van der Waals surface area contributed by atoms with Crippen molar-refractivity contribution in [1.82, 2.24) is 19.4 Å². The molecule has 0 N–H and O–H groups in total. The van der Waals surface area contributed by atoms with E-state index in [2.05, 4.69) is 9.97 Å². The molecule has 152 valence electrons. The van der Waals surface area contributed by atoms with Crippen LogP contribution >= 0.6 is 11.6 Å². The molecule has 1 aliphatic rings. The summed E-state index contributed by atoms with van der Waals surface area (Å²) < 4.78 is 7.40. The Bertz CT molecular complexity index is 881. The van der Waals surface area contributed by atoms with Gasteiger partial charge in [0, 0.05) is 24.2 Å². The number of imide groups is 1. The summed E-state index contributed by atoms with van der Waals surface area (Å²) in [6.45, 7) is 7.56. The number of fused-ring (bicyclic) bond motifs is 1. The zero-order valence-electron chi connectivity index (χ0n) is 16.9. The Kier molecular flexibility index (Phi) is 5.93. The highest BCUT2D eigenvalue weighted by molar-refractivity contribution is 6.28. The number of halogens is 1. The summed E-state index contributed by atoms with van der Waals surface area (Å²) in [4.78, 5) is 35.7. The van der Waals surface area contributed by atoms with Crippen molar-refractivity contribution in [2.45, 2.75) is 71.4 Å². The van der Waals surface area contributed by atoms with Gasteiger partial charge in [-0.3, -0.25) is 4.79 Å². The lowest BCUT2D eigenvalue weighted by molar-refractivity contribution is 0.0237. The van der Waals surface area contributed by atoms with Crippen LogP contribution in [0.2, 0.25) is 5.28 Å². The fraction of sp³-hybridized carbons (Fsp3) is 0.600. The zero-order valence-corrected chi connectivity index (χ0v) is 17.6. The Morgan fingerprint density at radius 2 is 2.00 bits per heavy atom. The van der Waals surface area contributed by atoms with E-state index in [0.717, 1.165) is 31.1 Å². The minimum Gasteiger partial charge on any atom is -0.443 e. The van der Waals surface area contributed by atoms with Crippen molar-refractivity contribution in [3.8, 4) is 0 Å². The Morgan fingerprint density at radius 1 is 1.32 bits per heavy atom. The van der Waals surface area contributed by atoms with Crippen LogP contribution in [0.5, 0.6) is 0 Å². The summed E-state index contributed by atoms with van der Waals surface area (Å²) in [6, 6.07) is 1.91. The van der Waals surface area contributed by atoms with Crippen LogP contribution < -0.4 is 0 Å². The highest BCUT2D eigenvalue weighted by Gasteiger charge is 2.32. The number of rotatable bonds is 4. The maximum atomic E-state index is 13.4. The van der Waals surface area contributed by atoms with E-state index in [4.69, 9.17) is 16.3 Å². The second kappa shape index (κ2) is 8.07. The summed E-state index contributed by atoms with van der Waals surface area (Å²) in [6.07, 6.45) is 5.75. The van der Waals surface area contributed by atoms with Crippen LogP contribution in [0, 0.1) is 0 Å². The van der Waals surface area contributed by atoms with Crippen molar-refractivity contribution in [3.63, 3.8) is 0 Å². The molecule has 1 fully saturated rings. The van der Waals surface area contributed by atoms with Crippen molar-refractivity contribution >= 4 is 34.6 Å². The lowest BCUT2D eigenvalue weighted by Gasteiger charge is -2.27. The van der Waals surface area contributed by atoms with Crippen molar-refractivity contribution < 1.29 is 14.3 Å². The molecule has 0 saturated heterocycles. The van der Waals surface area contributed by atoms with Crippen LogP contribution in [0.4, 0.5) is 4.79 Å². The Morgan fingerprint density at radius 3 is 2.61 bits per heavy atom. The van der Waals surface area contributed by atoms with Gasteiger partial charge in [0.1, 0.15) is 16.9 Å². The molecule has 0 aromatic carbocycles. The summed E-state index contributed by atoms with van der Waals surface area (Å²) in [7, 11) is 0. The minimum atomic E-state index is -0.680. The first-order chi connectivity index (χ1) is 13.2. The molecular weight excluding hydrogens is 380 g/mol. The maximum absolute atomic E-state index is 13.4. The van der Waals surface area contributed by atoms with Gasteiger partial charge in [0.15, 0.2) is 0 Å². The van der Waals surface area contributed by atoms with Gasteiger partial charge in [-0.1, -0.05) is 19.8 Å². The average molecular weight is 407 g/mol. The van der Waals surface area contributed by atoms with E-state index >= 15 is 0 Å². The average Bonchev–Trinajstić information content (AvgIpc) is 3.24. The monoisotopic (exact) mass is 406 g/mol. The molecule has 0 unspecified atom stereocenters. The first kappa shape index (κ1) is 20.6. The van der Waals surface area contributed by atoms with E-state index in [1.165, 1.54) is 4.90 Å². The predicted molar refractivity (Wildman–Crippen MR) is 108 cm³/mol. The standard InChI is InChI=1S/C20H27ClN4O3/c1-5-10-24(19(27)28-20(2,3)4)17(26)15-11-13-12-22-18(21)23-16(13)25(15)14-8-6-7-9-14/h11-12,14H,5-10H2,1-4H3. The third-order valence-corrected chi connectivity index (χ3v) is 4.94. The van der Waals surface area contributed by atoms with Crippen molar-refractivity contribution in [2.24, 2.45) is 0 Å². The minimum absolute atomic E-state index is 0.140. The lowest BCUT2D eigenvalue weighted by Crippen LogP contribution is -2.42. The van der Waals surface area contributed by atoms with Crippen LogP contribution in [0.25, 0.3) is 11.0 Å². The fourth-order valence-corrected chi connectivity index (χ4v) is 3.77. The smallest absolute Gasteiger partial charge is 0.417 e. The first-order valence-electron chi connectivity index (χ1n) is 9.79. The van der Waals surface area contributed by atoms with Crippen molar-refractivity contribution in [1.29, 1.82) is 0 Å². The molecular formula is C20H27ClN4O3. The molecule has 2 aromatic rings. The summed E-state index contributed by atoms with van der Waals surface area (Å²) in [5.74, 6) is -0.378. The number of ether oxygens (including phenoxy) is 1. The number of hydrogen-bond donors (Lipinski definition) is 0. The normalized spacial score (nSPS) is 15.2.